The number of likely N-dealkylation sites (N-methyl/N-ethyl adjacent to an activating group) is 1. The van der Waals surface area contributed by atoms with Gasteiger partial charge in [0.2, 0.25) is 0 Å². The van der Waals surface area contributed by atoms with Crippen LogP contribution in [-0.4, -0.2) is 25.3 Å². The molecule has 0 spiro atoms. The molecule has 2 aromatic rings. The quantitative estimate of drug-likeness (QED) is 0.618. The summed E-state index contributed by atoms with van der Waals surface area (Å²) in [6.07, 6.45) is 0.0275. The van der Waals surface area contributed by atoms with Gasteiger partial charge in [0.1, 0.15) is 6.10 Å². The van der Waals surface area contributed by atoms with E-state index in [1.807, 2.05) is 36.4 Å². The smallest absolute Gasteiger partial charge is 0.141 e. The molecule has 0 saturated carbocycles. The Labute approximate surface area is 122 Å². The number of hydrogen-bond donors (Lipinski definition) is 0. The molecule has 1 heterocycles. The summed E-state index contributed by atoms with van der Waals surface area (Å²) in [4.78, 5) is 0. The van der Waals surface area contributed by atoms with Gasteiger partial charge in [-0.25, -0.2) is 7.57 Å². The van der Waals surface area contributed by atoms with Gasteiger partial charge in [0.25, 0.3) is 0 Å². The Morgan fingerprint density at radius 1 is 1.00 bits per heavy atom. The third-order valence-corrected chi connectivity index (χ3v) is 6.91. The van der Waals surface area contributed by atoms with Crippen LogP contribution in [-0.2, 0) is 4.52 Å². The van der Waals surface area contributed by atoms with E-state index in [9.17, 15) is 0 Å². The fourth-order valence-corrected chi connectivity index (χ4v) is 5.21. The second kappa shape index (κ2) is 5.33. The first-order chi connectivity index (χ1) is 9.63. The van der Waals surface area contributed by atoms with Crippen LogP contribution in [0.4, 0.5) is 0 Å². The molecule has 3 radical (unpaired) electrons. The summed E-state index contributed by atoms with van der Waals surface area (Å²) < 4.78 is 8.57. The highest BCUT2D eigenvalue weighted by molar-refractivity contribution is 7.97. The van der Waals surface area contributed by atoms with Gasteiger partial charge in [0.05, 0.1) is 11.3 Å². The number of hydrogen-bond acceptors (Lipinski definition) is 2. The van der Waals surface area contributed by atoms with E-state index >= 15 is 0 Å². The van der Waals surface area contributed by atoms with Gasteiger partial charge in [0, 0.05) is 7.05 Å². The summed E-state index contributed by atoms with van der Waals surface area (Å²) in [5.74, 6) is 0. The standard InChI is InChI=1S/C16H18BNOP/c1-13-16(14-9-5-3-6-10-14)19-20(17,18(13)2)15-11-7-4-8-12-15/h3-13,16H,1-2H3/t13-,16-,20?/m1/s1. The second-order valence-corrected chi connectivity index (χ2v) is 7.81. The Morgan fingerprint density at radius 3 is 2.15 bits per heavy atom. The van der Waals surface area contributed by atoms with Crippen LogP contribution in [0.1, 0.15) is 18.6 Å². The van der Waals surface area contributed by atoms with Gasteiger partial charge >= 0.3 is 0 Å². The molecule has 0 aliphatic carbocycles. The van der Waals surface area contributed by atoms with Crippen LogP contribution in [0, 0.1) is 0 Å². The van der Waals surface area contributed by atoms with E-state index in [1.165, 1.54) is 5.56 Å². The molecule has 2 nitrogen and oxygen atoms in total. The first kappa shape index (κ1) is 13.8. The van der Waals surface area contributed by atoms with Crippen LogP contribution >= 0.6 is 7.52 Å². The van der Waals surface area contributed by atoms with Crippen molar-refractivity contribution in [2.24, 2.45) is 0 Å². The predicted octanol–water partition coefficient (Wildman–Crippen LogP) is 3.33. The molecule has 101 valence electrons. The SMILES string of the molecule is [B-][P+]1(c2ccccc2)O[C@@H](c2ccccc2)[C@@H](C)N1C. The molecule has 1 fully saturated rings. The van der Waals surface area contributed by atoms with E-state index in [2.05, 4.69) is 42.9 Å². The molecule has 3 atom stereocenters. The van der Waals surface area contributed by atoms with Crippen molar-refractivity contribution < 1.29 is 4.52 Å². The van der Waals surface area contributed by atoms with Crippen molar-refractivity contribution in [2.45, 2.75) is 19.1 Å². The lowest BCUT2D eigenvalue weighted by molar-refractivity contribution is 0.217. The Hall–Kier alpha value is -1.15. The summed E-state index contributed by atoms with van der Waals surface area (Å²) in [6.45, 7) is 2.18. The highest BCUT2D eigenvalue weighted by Crippen LogP contribution is 2.66. The lowest BCUT2D eigenvalue weighted by Gasteiger charge is -2.35. The van der Waals surface area contributed by atoms with E-state index in [4.69, 9.17) is 12.1 Å². The van der Waals surface area contributed by atoms with Crippen LogP contribution in [0.3, 0.4) is 0 Å². The maximum absolute atomic E-state index is 6.66. The summed E-state index contributed by atoms with van der Waals surface area (Å²) in [7, 11) is 6.51. The topological polar surface area (TPSA) is 12.5 Å². The summed E-state index contributed by atoms with van der Waals surface area (Å²) in [6, 6.07) is 20.7. The van der Waals surface area contributed by atoms with Crippen LogP contribution in [0.2, 0.25) is 0 Å². The molecule has 1 unspecified atom stereocenters. The molecule has 1 aliphatic heterocycles. The molecule has 1 saturated heterocycles. The van der Waals surface area contributed by atoms with Crippen LogP contribution in [0.15, 0.2) is 60.7 Å². The molecule has 2 aromatic carbocycles. The van der Waals surface area contributed by atoms with E-state index in [0.29, 0.717) is 0 Å². The zero-order valence-corrected chi connectivity index (χ0v) is 12.7. The van der Waals surface area contributed by atoms with Crippen molar-refractivity contribution in [1.29, 1.82) is 0 Å². The summed E-state index contributed by atoms with van der Waals surface area (Å²) in [5, 5.41) is 1.09. The van der Waals surface area contributed by atoms with Gasteiger partial charge in [0.15, 0.2) is 0 Å². The molecule has 0 bridgehead atoms. The molecular formula is C16H18BNOP. The van der Waals surface area contributed by atoms with Gasteiger partial charge in [-0.2, -0.15) is 4.67 Å². The lowest BCUT2D eigenvalue weighted by atomic mass is 10.0. The number of rotatable bonds is 2. The zero-order valence-electron chi connectivity index (χ0n) is 11.8. The molecule has 0 N–H and O–H groups in total. The normalized spacial score (nSPS) is 30.6. The maximum atomic E-state index is 6.66. The monoisotopic (exact) mass is 282 g/mol. The Kier molecular flexibility index (Phi) is 3.68. The Bertz CT molecular complexity index is 580. The molecule has 0 amide bonds. The van der Waals surface area contributed by atoms with Crippen molar-refractivity contribution in [3.8, 4) is 0 Å². The van der Waals surface area contributed by atoms with Crippen molar-refractivity contribution >= 4 is 20.4 Å². The van der Waals surface area contributed by atoms with Crippen LogP contribution in [0.5, 0.6) is 0 Å². The average molecular weight is 282 g/mol. The molecule has 3 rings (SSSR count). The number of nitrogens with zero attached hydrogens (tertiary/aromatic N) is 1. The highest BCUT2D eigenvalue weighted by Gasteiger charge is 2.46. The second-order valence-electron chi connectivity index (χ2n) is 5.21. The predicted molar refractivity (Wildman–Crippen MR) is 86.2 cm³/mol. The van der Waals surface area contributed by atoms with E-state index in [0.717, 1.165) is 5.30 Å². The first-order valence-corrected chi connectivity index (χ1v) is 8.55. The molecular weight excluding hydrogens is 264 g/mol. The molecule has 1 aliphatic rings. The summed E-state index contributed by atoms with van der Waals surface area (Å²) >= 11 is 0. The first-order valence-electron chi connectivity index (χ1n) is 6.83. The molecule has 20 heavy (non-hydrogen) atoms. The molecule has 0 aromatic heterocycles. The third-order valence-electron chi connectivity index (χ3n) is 4.02. The van der Waals surface area contributed by atoms with Crippen molar-refractivity contribution in [3.63, 3.8) is 0 Å². The van der Waals surface area contributed by atoms with Crippen LogP contribution in [0.25, 0.3) is 0 Å². The Balaban J connectivity index is 1.97. The van der Waals surface area contributed by atoms with Gasteiger partial charge < -0.3 is 0 Å². The number of benzene rings is 2. The van der Waals surface area contributed by atoms with Gasteiger partial charge in [-0.3, -0.25) is 4.52 Å². The molecule has 4 heteroatoms. The van der Waals surface area contributed by atoms with E-state index in [1.54, 1.807) is 0 Å². The maximum Gasteiger partial charge on any atom is 0.141 e. The van der Waals surface area contributed by atoms with E-state index < -0.39 is 7.52 Å². The fraction of sp³-hybridized carbons (Fsp3) is 0.250. The van der Waals surface area contributed by atoms with Gasteiger partial charge in [-0.1, -0.05) is 48.5 Å². The minimum atomic E-state index is -2.21. The average Bonchev–Trinajstić information content (AvgIpc) is 2.75. The van der Waals surface area contributed by atoms with E-state index in [-0.39, 0.29) is 12.1 Å². The Morgan fingerprint density at radius 2 is 1.55 bits per heavy atom. The minimum absolute atomic E-state index is 0.0275. The minimum Gasteiger partial charge on any atom is -0.262 e. The highest BCUT2D eigenvalue weighted by atomic mass is 31.2. The zero-order chi connectivity index (χ0) is 14.2. The van der Waals surface area contributed by atoms with Gasteiger partial charge in [-0.05, 0) is 32.1 Å². The van der Waals surface area contributed by atoms with Crippen molar-refractivity contribution in [3.05, 3.63) is 66.2 Å². The summed E-state index contributed by atoms with van der Waals surface area (Å²) in [5.41, 5.74) is 1.19. The lowest BCUT2D eigenvalue weighted by Crippen LogP contribution is -2.28. The van der Waals surface area contributed by atoms with Gasteiger partial charge in [-0.15, -0.1) is 0 Å². The fourth-order valence-electron chi connectivity index (χ4n) is 2.67. The van der Waals surface area contributed by atoms with Crippen molar-refractivity contribution in [2.75, 3.05) is 7.05 Å². The van der Waals surface area contributed by atoms with Crippen molar-refractivity contribution in [1.82, 2.24) is 4.67 Å². The third kappa shape index (κ3) is 2.20. The van der Waals surface area contributed by atoms with Crippen LogP contribution < -0.4 is 5.30 Å². The largest absolute Gasteiger partial charge is 0.262 e.